The molecule has 0 fully saturated rings. The number of aromatic nitrogens is 2. The highest BCUT2D eigenvalue weighted by atomic mass is 16.2. The lowest BCUT2D eigenvalue weighted by Gasteiger charge is -2.22. The zero-order chi connectivity index (χ0) is 28.3. The summed E-state index contributed by atoms with van der Waals surface area (Å²) in [6, 6.07) is 10.8. The molecule has 1 amide bonds. The van der Waals surface area contributed by atoms with Gasteiger partial charge in [-0.25, -0.2) is 9.79 Å². The molecule has 0 spiro atoms. The molecule has 0 bridgehead atoms. The van der Waals surface area contributed by atoms with Crippen LogP contribution in [0.4, 0.5) is 5.69 Å². The van der Waals surface area contributed by atoms with Crippen LogP contribution in [-0.4, -0.2) is 58.4 Å². The van der Waals surface area contributed by atoms with Crippen molar-refractivity contribution in [3.63, 3.8) is 0 Å². The molecule has 10 nitrogen and oxygen atoms in total. The number of aryl methyl sites for hydroxylation is 1. The van der Waals surface area contributed by atoms with Gasteiger partial charge < -0.3 is 16.0 Å². The Morgan fingerprint density at radius 1 is 1.05 bits per heavy atom. The Labute approximate surface area is 226 Å². The molecule has 2 heterocycles. The highest BCUT2D eigenvalue weighted by molar-refractivity contribution is 6.05. The van der Waals surface area contributed by atoms with Crippen molar-refractivity contribution in [3.8, 4) is 11.1 Å². The number of benzene rings is 2. The Balaban J connectivity index is 1.77. The standard InChI is InChI=1S/C29H34N6O4/c1-5-11-34(12-6-2)27(37)21-13-20-8-7-18(14-23(20)32-25(30)16-21)19-9-10-22-24(15-19)33(4)29(39)35(28(22)38)26(36)17-31-3/h7-10,13-15,31H,5-6,11-12,16-17H2,1-4H3,(H2,30,32). The SMILES string of the molecule is CCCN(CCC)C(=O)C1=Cc2ccc(-c3ccc4c(=O)n(C(=O)CNC)c(=O)n(C)c4c3)cc2N=C(N)C1. The van der Waals surface area contributed by atoms with Crippen LogP contribution in [0.5, 0.6) is 0 Å². The van der Waals surface area contributed by atoms with E-state index in [1.165, 1.54) is 11.6 Å². The predicted octanol–water partition coefficient (Wildman–Crippen LogP) is 2.65. The molecule has 0 saturated carbocycles. The number of likely N-dealkylation sites (N-methyl/N-ethyl adjacent to an activating group) is 1. The number of nitrogens with one attached hydrogen (secondary N) is 1. The van der Waals surface area contributed by atoms with Gasteiger partial charge in [0.1, 0.15) is 5.84 Å². The van der Waals surface area contributed by atoms with E-state index in [0.29, 0.717) is 40.3 Å². The number of hydrogen-bond donors (Lipinski definition) is 2. The maximum atomic E-state index is 13.3. The van der Waals surface area contributed by atoms with E-state index >= 15 is 0 Å². The van der Waals surface area contributed by atoms with Crippen molar-refractivity contribution in [3.05, 3.63) is 68.4 Å². The maximum Gasteiger partial charge on any atom is 0.338 e. The van der Waals surface area contributed by atoms with Gasteiger partial charge in [0.05, 0.1) is 23.1 Å². The van der Waals surface area contributed by atoms with Gasteiger partial charge in [-0.15, -0.1) is 0 Å². The van der Waals surface area contributed by atoms with Crippen LogP contribution in [0.3, 0.4) is 0 Å². The number of amides is 1. The fourth-order valence-electron chi connectivity index (χ4n) is 4.85. The van der Waals surface area contributed by atoms with E-state index in [2.05, 4.69) is 10.3 Å². The van der Waals surface area contributed by atoms with Gasteiger partial charge >= 0.3 is 5.69 Å². The molecule has 2 aromatic carbocycles. The van der Waals surface area contributed by atoms with E-state index in [-0.39, 0.29) is 24.3 Å². The van der Waals surface area contributed by atoms with Crippen LogP contribution in [0.2, 0.25) is 0 Å². The summed E-state index contributed by atoms with van der Waals surface area (Å²) in [7, 11) is 3.10. The smallest absolute Gasteiger partial charge is 0.338 e. The topological polar surface area (TPSA) is 132 Å². The van der Waals surface area contributed by atoms with Gasteiger partial charge in [-0.1, -0.05) is 32.0 Å². The number of rotatable bonds is 8. The summed E-state index contributed by atoms with van der Waals surface area (Å²) >= 11 is 0. The summed E-state index contributed by atoms with van der Waals surface area (Å²) in [5, 5.41) is 2.94. The first kappa shape index (κ1) is 27.7. The number of carbonyl (C=O) groups is 2. The lowest BCUT2D eigenvalue weighted by molar-refractivity contribution is -0.127. The third-order valence-corrected chi connectivity index (χ3v) is 6.73. The molecular formula is C29H34N6O4. The van der Waals surface area contributed by atoms with E-state index in [9.17, 15) is 19.2 Å². The molecule has 1 aromatic heterocycles. The molecule has 3 N–H and O–H groups in total. The summed E-state index contributed by atoms with van der Waals surface area (Å²) in [5.74, 6) is -0.289. The van der Waals surface area contributed by atoms with Crippen LogP contribution in [0.25, 0.3) is 28.1 Å². The molecular weight excluding hydrogens is 496 g/mol. The molecule has 1 aliphatic rings. The first-order valence-corrected chi connectivity index (χ1v) is 13.1. The van der Waals surface area contributed by atoms with Gasteiger partial charge in [-0.05, 0) is 55.3 Å². The van der Waals surface area contributed by atoms with Crippen molar-refractivity contribution in [1.82, 2.24) is 19.4 Å². The van der Waals surface area contributed by atoms with Gasteiger partial charge in [0.25, 0.3) is 11.5 Å². The number of carbonyl (C=O) groups excluding carboxylic acids is 2. The third-order valence-electron chi connectivity index (χ3n) is 6.73. The first-order chi connectivity index (χ1) is 18.7. The molecule has 3 aromatic rings. The zero-order valence-electron chi connectivity index (χ0n) is 22.8. The molecule has 0 aliphatic carbocycles. The average molecular weight is 531 g/mol. The lowest BCUT2D eigenvalue weighted by Crippen LogP contribution is -2.45. The zero-order valence-corrected chi connectivity index (χ0v) is 22.8. The largest absolute Gasteiger partial charge is 0.387 e. The Kier molecular flexibility index (Phi) is 8.25. The van der Waals surface area contributed by atoms with Crippen LogP contribution < -0.4 is 22.3 Å². The van der Waals surface area contributed by atoms with E-state index in [0.717, 1.165) is 29.5 Å². The maximum absolute atomic E-state index is 13.3. The predicted molar refractivity (Wildman–Crippen MR) is 154 cm³/mol. The fourth-order valence-corrected chi connectivity index (χ4v) is 4.85. The second-order valence-electron chi connectivity index (χ2n) is 9.65. The second kappa shape index (κ2) is 11.6. The average Bonchev–Trinajstić information content (AvgIpc) is 3.08. The van der Waals surface area contributed by atoms with Gasteiger partial charge in [0, 0.05) is 37.7 Å². The first-order valence-electron chi connectivity index (χ1n) is 13.1. The minimum atomic E-state index is -0.702. The number of hydrogen-bond acceptors (Lipinski definition) is 7. The molecule has 0 atom stereocenters. The second-order valence-corrected chi connectivity index (χ2v) is 9.65. The minimum Gasteiger partial charge on any atom is -0.387 e. The fraction of sp³-hybridized carbons (Fsp3) is 0.345. The molecule has 0 saturated heterocycles. The molecule has 0 radical (unpaired) electrons. The van der Waals surface area contributed by atoms with E-state index in [1.54, 1.807) is 25.2 Å². The number of fused-ring (bicyclic) bond motifs is 2. The Morgan fingerprint density at radius 2 is 1.72 bits per heavy atom. The monoisotopic (exact) mass is 530 g/mol. The molecule has 1 aliphatic heterocycles. The normalized spacial score (nSPS) is 12.9. The summed E-state index contributed by atoms with van der Waals surface area (Å²) in [6.45, 7) is 5.34. The molecule has 4 rings (SSSR count). The summed E-state index contributed by atoms with van der Waals surface area (Å²) < 4.78 is 1.96. The van der Waals surface area contributed by atoms with Crippen molar-refractivity contribution in [1.29, 1.82) is 0 Å². The van der Waals surface area contributed by atoms with E-state index in [4.69, 9.17) is 5.73 Å². The van der Waals surface area contributed by atoms with Crippen molar-refractivity contribution < 1.29 is 9.59 Å². The van der Waals surface area contributed by atoms with Gasteiger partial charge in [-0.2, -0.15) is 4.57 Å². The Morgan fingerprint density at radius 3 is 2.38 bits per heavy atom. The number of nitrogens with two attached hydrogens (primary N) is 1. The minimum absolute atomic E-state index is 0.0249. The Hall–Kier alpha value is -4.31. The van der Waals surface area contributed by atoms with Crippen LogP contribution in [0, 0.1) is 0 Å². The number of nitrogens with zero attached hydrogens (tertiary/aromatic N) is 4. The molecule has 10 heteroatoms. The van der Waals surface area contributed by atoms with Crippen molar-refractivity contribution in [2.75, 3.05) is 26.7 Å². The molecule has 204 valence electrons. The quantitative estimate of drug-likeness (QED) is 0.460. The van der Waals surface area contributed by atoms with Crippen molar-refractivity contribution >= 4 is 40.3 Å². The molecule has 39 heavy (non-hydrogen) atoms. The van der Waals surface area contributed by atoms with Gasteiger partial charge in [0.15, 0.2) is 0 Å². The number of amidine groups is 1. The van der Waals surface area contributed by atoms with Crippen LogP contribution in [0.15, 0.2) is 56.6 Å². The van der Waals surface area contributed by atoms with Crippen molar-refractivity contribution in [2.24, 2.45) is 17.8 Å². The van der Waals surface area contributed by atoms with Gasteiger partial charge in [0.2, 0.25) is 5.91 Å². The molecule has 0 unspecified atom stereocenters. The third kappa shape index (κ3) is 5.46. The van der Waals surface area contributed by atoms with Crippen molar-refractivity contribution in [2.45, 2.75) is 33.1 Å². The highest BCUT2D eigenvalue weighted by Gasteiger charge is 2.21. The van der Waals surface area contributed by atoms with Crippen LogP contribution in [0.1, 0.15) is 43.5 Å². The Bertz CT molecular complexity index is 1620. The van der Waals surface area contributed by atoms with E-state index in [1.807, 2.05) is 43.0 Å². The van der Waals surface area contributed by atoms with Gasteiger partial charge in [-0.3, -0.25) is 19.0 Å². The summed E-state index contributed by atoms with van der Waals surface area (Å²) in [4.78, 5) is 57.9. The summed E-state index contributed by atoms with van der Waals surface area (Å²) in [5.41, 5.74) is 8.88. The lowest BCUT2D eigenvalue weighted by atomic mass is 10.00. The number of aliphatic imine (C=N–C) groups is 1. The summed E-state index contributed by atoms with van der Waals surface area (Å²) in [6.07, 6.45) is 3.88. The van der Waals surface area contributed by atoms with Crippen LogP contribution >= 0.6 is 0 Å². The highest BCUT2D eigenvalue weighted by Crippen LogP contribution is 2.32. The van der Waals surface area contributed by atoms with Crippen LogP contribution in [-0.2, 0) is 11.8 Å². The van der Waals surface area contributed by atoms with E-state index < -0.39 is 17.2 Å².